The minimum atomic E-state index is 0.502. The van der Waals surface area contributed by atoms with Crippen LogP contribution in [0.2, 0.25) is 0 Å². The number of rotatable bonds is 7. The first-order chi connectivity index (χ1) is 10.1. The molecular formula is C17H30N2O2. The molecule has 0 aliphatic carbocycles. The van der Waals surface area contributed by atoms with Crippen LogP contribution in [0.3, 0.4) is 0 Å². The average Bonchev–Trinajstić information content (AvgIpc) is 2.79. The predicted octanol–water partition coefficient (Wildman–Crippen LogP) is 2.94. The second kappa shape index (κ2) is 7.97. The van der Waals surface area contributed by atoms with Crippen molar-refractivity contribution in [2.45, 2.75) is 52.7 Å². The summed E-state index contributed by atoms with van der Waals surface area (Å²) in [6.07, 6.45) is 2.46. The lowest BCUT2D eigenvalue weighted by Crippen LogP contribution is -2.34. The minimum absolute atomic E-state index is 0.502. The van der Waals surface area contributed by atoms with Gasteiger partial charge in [-0.15, -0.1) is 0 Å². The van der Waals surface area contributed by atoms with Crippen molar-refractivity contribution < 1.29 is 9.15 Å². The Morgan fingerprint density at radius 2 is 2.10 bits per heavy atom. The number of hydrogen-bond acceptors (Lipinski definition) is 4. The molecule has 1 aliphatic rings. The van der Waals surface area contributed by atoms with E-state index in [-0.39, 0.29) is 0 Å². The Balaban J connectivity index is 1.82. The van der Waals surface area contributed by atoms with Gasteiger partial charge in [0, 0.05) is 31.9 Å². The maximum Gasteiger partial charge on any atom is 0.118 e. The normalized spacial score (nSPS) is 17.8. The molecule has 0 bridgehead atoms. The molecule has 4 nitrogen and oxygen atoms in total. The highest BCUT2D eigenvalue weighted by atomic mass is 16.5. The van der Waals surface area contributed by atoms with Gasteiger partial charge in [-0.2, -0.15) is 0 Å². The minimum Gasteiger partial charge on any atom is -0.465 e. The van der Waals surface area contributed by atoms with Gasteiger partial charge in [0.15, 0.2) is 0 Å². The fourth-order valence-electron chi connectivity index (χ4n) is 2.92. The summed E-state index contributed by atoms with van der Waals surface area (Å²) in [5, 5.41) is 3.45. The molecule has 0 saturated carbocycles. The molecule has 1 N–H and O–H groups in total. The molecule has 21 heavy (non-hydrogen) atoms. The average molecular weight is 294 g/mol. The van der Waals surface area contributed by atoms with Crippen LogP contribution < -0.4 is 5.32 Å². The van der Waals surface area contributed by atoms with Crippen molar-refractivity contribution in [2.75, 3.05) is 26.8 Å². The number of ether oxygens (including phenoxy) is 1. The Labute approximate surface area is 128 Å². The van der Waals surface area contributed by atoms with Gasteiger partial charge in [0.2, 0.25) is 0 Å². The molecule has 2 rings (SSSR count). The number of aryl methyl sites for hydroxylation is 1. The van der Waals surface area contributed by atoms with E-state index in [0.29, 0.717) is 6.04 Å². The van der Waals surface area contributed by atoms with Crippen molar-refractivity contribution in [3.63, 3.8) is 0 Å². The van der Waals surface area contributed by atoms with Gasteiger partial charge in [-0.1, -0.05) is 13.8 Å². The standard InChI is InChI=1S/C17H30N2O2/c1-13(2)18-10-16-9-17(21-14(16)3)11-19-7-5-15(6-8-19)12-20-4/h9,13,15,18H,5-8,10-12H2,1-4H3. The van der Waals surface area contributed by atoms with Crippen molar-refractivity contribution >= 4 is 0 Å². The molecule has 120 valence electrons. The summed E-state index contributed by atoms with van der Waals surface area (Å²) >= 11 is 0. The first-order valence-electron chi connectivity index (χ1n) is 8.11. The molecule has 1 fully saturated rings. The number of nitrogens with one attached hydrogen (secondary N) is 1. The second-order valence-corrected chi connectivity index (χ2v) is 6.50. The van der Waals surface area contributed by atoms with E-state index < -0.39 is 0 Å². The maximum atomic E-state index is 5.92. The van der Waals surface area contributed by atoms with E-state index in [1.807, 2.05) is 0 Å². The predicted molar refractivity (Wildman–Crippen MR) is 85.3 cm³/mol. The zero-order valence-electron chi connectivity index (χ0n) is 13.9. The molecule has 1 aromatic heterocycles. The van der Waals surface area contributed by atoms with Gasteiger partial charge in [0.25, 0.3) is 0 Å². The van der Waals surface area contributed by atoms with Gasteiger partial charge >= 0.3 is 0 Å². The molecule has 1 saturated heterocycles. The third kappa shape index (κ3) is 5.13. The quantitative estimate of drug-likeness (QED) is 0.839. The molecule has 0 amide bonds. The van der Waals surface area contributed by atoms with Gasteiger partial charge < -0.3 is 14.5 Å². The first-order valence-corrected chi connectivity index (χ1v) is 8.11. The third-order valence-electron chi connectivity index (χ3n) is 4.26. The molecule has 0 atom stereocenters. The Morgan fingerprint density at radius 1 is 1.38 bits per heavy atom. The molecule has 4 heteroatoms. The van der Waals surface area contributed by atoms with Crippen LogP contribution in [0.4, 0.5) is 0 Å². The van der Waals surface area contributed by atoms with Crippen LogP contribution in [0.15, 0.2) is 10.5 Å². The van der Waals surface area contributed by atoms with E-state index in [1.165, 1.54) is 18.4 Å². The van der Waals surface area contributed by atoms with Crippen molar-refractivity contribution in [3.8, 4) is 0 Å². The molecule has 0 spiro atoms. The lowest BCUT2D eigenvalue weighted by atomic mass is 9.98. The highest BCUT2D eigenvalue weighted by molar-refractivity contribution is 5.20. The Bertz CT molecular complexity index is 420. The van der Waals surface area contributed by atoms with Crippen molar-refractivity contribution in [2.24, 2.45) is 5.92 Å². The van der Waals surface area contributed by atoms with Gasteiger partial charge in [-0.25, -0.2) is 0 Å². The molecule has 1 aliphatic heterocycles. The third-order valence-corrected chi connectivity index (χ3v) is 4.26. The van der Waals surface area contributed by atoms with Crippen LogP contribution in [0.5, 0.6) is 0 Å². The highest BCUT2D eigenvalue weighted by Crippen LogP contribution is 2.21. The SMILES string of the molecule is COCC1CCN(Cc2cc(CNC(C)C)c(C)o2)CC1. The Kier molecular flexibility index (Phi) is 6.27. The topological polar surface area (TPSA) is 37.6 Å². The van der Waals surface area contributed by atoms with Crippen molar-refractivity contribution in [3.05, 3.63) is 23.2 Å². The Hall–Kier alpha value is -0.840. The molecule has 0 aromatic carbocycles. The fraction of sp³-hybridized carbons (Fsp3) is 0.765. The van der Waals surface area contributed by atoms with Crippen molar-refractivity contribution in [1.29, 1.82) is 0 Å². The van der Waals surface area contributed by atoms with Crippen LogP contribution in [-0.4, -0.2) is 37.7 Å². The number of nitrogens with zero attached hydrogens (tertiary/aromatic N) is 1. The van der Waals surface area contributed by atoms with E-state index in [0.717, 1.165) is 50.2 Å². The molecular weight excluding hydrogens is 264 g/mol. The van der Waals surface area contributed by atoms with Gasteiger partial charge in [0.1, 0.15) is 11.5 Å². The molecule has 0 radical (unpaired) electrons. The molecule has 2 heterocycles. The summed E-state index contributed by atoms with van der Waals surface area (Å²) in [7, 11) is 1.80. The van der Waals surface area contributed by atoms with E-state index >= 15 is 0 Å². The summed E-state index contributed by atoms with van der Waals surface area (Å²) in [6.45, 7) is 11.4. The molecule has 1 aromatic rings. The van der Waals surface area contributed by atoms with E-state index in [9.17, 15) is 0 Å². The highest BCUT2D eigenvalue weighted by Gasteiger charge is 2.20. The van der Waals surface area contributed by atoms with Gasteiger partial charge in [-0.05, 0) is 44.8 Å². The first kappa shape index (κ1) is 16.5. The maximum absolute atomic E-state index is 5.92. The van der Waals surface area contributed by atoms with Gasteiger partial charge in [0.05, 0.1) is 6.54 Å². The smallest absolute Gasteiger partial charge is 0.118 e. The van der Waals surface area contributed by atoms with E-state index in [4.69, 9.17) is 9.15 Å². The largest absolute Gasteiger partial charge is 0.465 e. The lowest BCUT2D eigenvalue weighted by Gasteiger charge is -2.30. The lowest BCUT2D eigenvalue weighted by molar-refractivity contribution is 0.0938. The van der Waals surface area contributed by atoms with Crippen LogP contribution in [-0.2, 0) is 17.8 Å². The summed E-state index contributed by atoms with van der Waals surface area (Å²) in [4.78, 5) is 2.49. The van der Waals surface area contributed by atoms with Crippen LogP contribution in [0, 0.1) is 12.8 Å². The number of piperidine rings is 1. The van der Waals surface area contributed by atoms with Crippen LogP contribution in [0.25, 0.3) is 0 Å². The van der Waals surface area contributed by atoms with E-state index in [1.54, 1.807) is 7.11 Å². The van der Waals surface area contributed by atoms with Crippen LogP contribution >= 0.6 is 0 Å². The summed E-state index contributed by atoms with van der Waals surface area (Å²) in [5.74, 6) is 2.88. The summed E-state index contributed by atoms with van der Waals surface area (Å²) in [6, 6.07) is 2.72. The van der Waals surface area contributed by atoms with Gasteiger partial charge in [-0.3, -0.25) is 4.90 Å². The van der Waals surface area contributed by atoms with Crippen LogP contribution in [0.1, 0.15) is 43.8 Å². The Morgan fingerprint density at radius 3 is 2.71 bits per heavy atom. The zero-order chi connectivity index (χ0) is 15.2. The summed E-state index contributed by atoms with van der Waals surface area (Å²) < 4.78 is 11.2. The second-order valence-electron chi connectivity index (χ2n) is 6.50. The number of methoxy groups -OCH3 is 1. The number of furan rings is 1. The van der Waals surface area contributed by atoms with Crippen molar-refractivity contribution in [1.82, 2.24) is 10.2 Å². The zero-order valence-corrected chi connectivity index (χ0v) is 13.9. The number of likely N-dealkylation sites (tertiary alicyclic amines) is 1. The fourth-order valence-corrected chi connectivity index (χ4v) is 2.92. The summed E-state index contributed by atoms with van der Waals surface area (Å²) in [5.41, 5.74) is 1.29. The number of hydrogen-bond donors (Lipinski definition) is 1. The monoisotopic (exact) mass is 294 g/mol. The molecule has 0 unspecified atom stereocenters. The van der Waals surface area contributed by atoms with E-state index in [2.05, 4.69) is 37.1 Å².